The highest BCUT2D eigenvalue weighted by atomic mass is 15.3. The molecule has 0 saturated carbocycles. The van der Waals surface area contributed by atoms with Gasteiger partial charge >= 0.3 is 0 Å². The molecule has 18 heavy (non-hydrogen) atoms. The molecule has 1 heterocycles. The Labute approximate surface area is 108 Å². The largest absolute Gasteiger partial charge is 0.368 e. The van der Waals surface area contributed by atoms with E-state index in [0.29, 0.717) is 6.54 Å². The lowest BCUT2D eigenvalue weighted by Crippen LogP contribution is -2.46. The van der Waals surface area contributed by atoms with E-state index < -0.39 is 0 Å². The van der Waals surface area contributed by atoms with Crippen LogP contribution in [-0.2, 0) is 0 Å². The third-order valence-electron chi connectivity index (χ3n) is 3.34. The van der Waals surface area contributed by atoms with Crippen LogP contribution in [0.25, 0.3) is 0 Å². The van der Waals surface area contributed by atoms with Gasteiger partial charge in [-0.15, -0.1) is 0 Å². The van der Waals surface area contributed by atoms with Crippen LogP contribution in [-0.4, -0.2) is 37.6 Å². The van der Waals surface area contributed by atoms with Crippen LogP contribution in [0.15, 0.2) is 18.2 Å². The van der Waals surface area contributed by atoms with Gasteiger partial charge in [0.1, 0.15) is 6.07 Å². The number of benzene rings is 1. The van der Waals surface area contributed by atoms with Crippen molar-refractivity contribution >= 4 is 5.69 Å². The first-order chi connectivity index (χ1) is 8.76. The maximum Gasteiger partial charge on any atom is 0.101 e. The number of aryl methyl sites for hydroxylation is 1. The topological polar surface area (TPSA) is 54.1 Å². The zero-order chi connectivity index (χ0) is 13.0. The fraction of sp³-hybridized carbons (Fsp3) is 0.429. The summed E-state index contributed by atoms with van der Waals surface area (Å²) in [7, 11) is 0. The molecule has 0 aromatic heterocycles. The Morgan fingerprint density at radius 2 is 1.89 bits per heavy atom. The van der Waals surface area contributed by atoms with Crippen LogP contribution in [0.3, 0.4) is 0 Å². The number of hydrogen-bond donors (Lipinski definition) is 0. The predicted molar refractivity (Wildman–Crippen MR) is 70.2 cm³/mol. The van der Waals surface area contributed by atoms with Crippen molar-refractivity contribution in [3.63, 3.8) is 0 Å². The molecule has 0 radical (unpaired) electrons. The average molecular weight is 240 g/mol. The Hall–Kier alpha value is -2.04. The second-order valence-electron chi connectivity index (χ2n) is 4.50. The fourth-order valence-electron chi connectivity index (χ4n) is 2.40. The second kappa shape index (κ2) is 5.53. The van der Waals surface area contributed by atoms with Crippen molar-refractivity contribution in [2.75, 3.05) is 37.6 Å². The minimum absolute atomic E-state index is 0.493. The molecule has 0 N–H and O–H groups in total. The van der Waals surface area contributed by atoms with Crippen LogP contribution >= 0.6 is 0 Å². The van der Waals surface area contributed by atoms with Gasteiger partial charge in [0.05, 0.1) is 23.9 Å². The lowest BCUT2D eigenvalue weighted by Gasteiger charge is -2.36. The van der Waals surface area contributed by atoms with E-state index in [1.54, 1.807) is 0 Å². The van der Waals surface area contributed by atoms with E-state index in [0.717, 1.165) is 43.0 Å². The summed E-state index contributed by atoms with van der Waals surface area (Å²) in [6.45, 7) is 6.05. The Bertz CT molecular complexity index is 502. The standard InChI is InChI=1S/C14H16N4/c1-12-3-2-4-13(11-16)14(12)18-9-7-17(6-5-15)8-10-18/h2-4H,6-10H2,1H3. The molecule has 1 fully saturated rings. The lowest BCUT2D eigenvalue weighted by atomic mass is 10.1. The van der Waals surface area contributed by atoms with Gasteiger partial charge in [0, 0.05) is 26.2 Å². The number of hydrogen-bond acceptors (Lipinski definition) is 4. The summed E-state index contributed by atoms with van der Waals surface area (Å²) in [6, 6.07) is 10.3. The molecule has 0 atom stereocenters. The smallest absolute Gasteiger partial charge is 0.101 e. The third-order valence-corrected chi connectivity index (χ3v) is 3.34. The summed E-state index contributed by atoms with van der Waals surface area (Å²) in [6.07, 6.45) is 0. The first-order valence-corrected chi connectivity index (χ1v) is 6.10. The van der Waals surface area contributed by atoms with Gasteiger partial charge in [-0.05, 0) is 18.6 Å². The maximum absolute atomic E-state index is 9.18. The maximum atomic E-state index is 9.18. The molecule has 0 spiro atoms. The van der Waals surface area contributed by atoms with E-state index in [1.807, 2.05) is 25.1 Å². The van der Waals surface area contributed by atoms with Gasteiger partial charge < -0.3 is 4.90 Å². The minimum atomic E-state index is 0.493. The van der Waals surface area contributed by atoms with Gasteiger partial charge in [-0.2, -0.15) is 10.5 Å². The first kappa shape index (κ1) is 12.4. The summed E-state index contributed by atoms with van der Waals surface area (Å²) >= 11 is 0. The van der Waals surface area contributed by atoms with Crippen molar-refractivity contribution in [2.45, 2.75) is 6.92 Å². The lowest BCUT2D eigenvalue weighted by molar-refractivity contribution is 0.287. The van der Waals surface area contributed by atoms with Crippen LogP contribution < -0.4 is 4.90 Å². The van der Waals surface area contributed by atoms with Crippen LogP contribution in [0.4, 0.5) is 5.69 Å². The predicted octanol–water partition coefficient (Wildman–Crippen LogP) is 1.51. The summed E-state index contributed by atoms with van der Waals surface area (Å²) in [5, 5.41) is 17.9. The molecule has 0 amide bonds. The zero-order valence-corrected chi connectivity index (χ0v) is 10.6. The molecule has 1 aromatic carbocycles. The summed E-state index contributed by atoms with van der Waals surface area (Å²) in [5.74, 6) is 0. The summed E-state index contributed by atoms with van der Waals surface area (Å²) in [4.78, 5) is 4.39. The van der Waals surface area contributed by atoms with Gasteiger partial charge in [0.15, 0.2) is 0 Å². The number of para-hydroxylation sites is 1. The third kappa shape index (κ3) is 2.45. The van der Waals surface area contributed by atoms with Gasteiger partial charge in [-0.1, -0.05) is 12.1 Å². The van der Waals surface area contributed by atoms with Crippen molar-refractivity contribution in [2.24, 2.45) is 0 Å². The molecular formula is C14H16N4. The molecule has 1 aromatic rings. The van der Waals surface area contributed by atoms with Gasteiger partial charge in [0.25, 0.3) is 0 Å². The van der Waals surface area contributed by atoms with E-state index in [2.05, 4.69) is 21.9 Å². The van der Waals surface area contributed by atoms with Crippen LogP contribution in [0.5, 0.6) is 0 Å². The number of nitrogens with zero attached hydrogens (tertiary/aromatic N) is 4. The highest BCUT2D eigenvalue weighted by molar-refractivity contribution is 5.64. The normalized spacial score (nSPS) is 16.1. The summed E-state index contributed by atoms with van der Waals surface area (Å²) < 4.78 is 0. The number of nitriles is 2. The molecule has 1 saturated heterocycles. The van der Waals surface area contributed by atoms with E-state index in [9.17, 15) is 5.26 Å². The summed E-state index contributed by atoms with van der Waals surface area (Å²) in [5.41, 5.74) is 2.93. The molecule has 0 aliphatic carbocycles. The van der Waals surface area contributed by atoms with E-state index in [-0.39, 0.29) is 0 Å². The van der Waals surface area contributed by atoms with Gasteiger partial charge in [-0.25, -0.2) is 0 Å². The molecule has 0 unspecified atom stereocenters. The Balaban J connectivity index is 2.15. The molecule has 1 aliphatic rings. The molecular weight excluding hydrogens is 224 g/mol. The van der Waals surface area contributed by atoms with Crippen molar-refractivity contribution in [1.82, 2.24) is 4.90 Å². The SMILES string of the molecule is Cc1cccc(C#N)c1N1CCN(CC#N)CC1. The van der Waals surface area contributed by atoms with Crippen LogP contribution in [0.1, 0.15) is 11.1 Å². The minimum Gasteiger partial charge on any atom is -0.368 e. The van der Waals surface area contributed by atoms with Gasteiger partial charge in [-0.3, -0.25) is 4.90 Å². The van der Waals surface area contributed by atoms with Crippen molar-refractivity contribution in [3.8, 4) is 12.1 Å². The monoisotopic (exact) mass is 240 g/mol. The van der Waals surface area contributed by atoms with Crippen LogP contribution in [0, 0.1) is 29.6 Å². The highest BCUT2D eigenvalue weighted by Crippen LogP contribution is 2.25. The Morgan fingerprint density at radius 1 is 1.17 bits per heavy atom. The van der Waals surface area contributed by atoms with Crippen LogP contribution in [0.2, 0.25) is 0 Å². The second-order valence-corrected chi connectivity index (χ2v) is 4.50. The molecule has 1 aliphatic heterocycles. The Kier molecular flexibility index (Phi) is 3.82. The van der Waals surface area contributed by atoms with Crippen molar-refractivity contribution in [3.05, 3.63) is 29.3 Å². The van der Waals surface area contributed by atoms with Crippen molar-refractivity contribution < 1.29 is 0 Å². The first-order valence-electron chi connectivity index (χ1n) is 6.10. The highest BCUT2D eigenvalue weighted by Gasteiger charge is 2.20. The average Bonchev–Trinajstić information content (AvgIpc) is 2.40. The van der Waals surface area contributed by atoms with Gasteiger partial charge in [0.2, 0.25) is 0 Å². The molecule has 92 valence electrons. The van der Waals surface area contributed by atoms with E-state index >= 15 is 0 Å². The zero-order valence-electron chi connectivity index (χ0n) is 10.6. The fourth-order valence-corrected chi connectivity index (χ4v) is 2.40. The molecule has 2 rings (SSSR count). The molecule has 4 nitrogen and oxygen atoms in total. The number of piperazine rings is 1. The Morgan fingerprint density at radius 3 is 2.50 bits per heavy atom. The van der Waals surface area contributed by atoms with Crippen molar-refractivity contribution in [1.29, 1.82) is 10.5 Å². The van der Waals surface area contributed by atoms with E-state index in [1.165, 1.54) is 0 Å². The quantitative estimate of drug-likeness (QED) is 0.735. The number of rotatable bonds is 2. The molecule has 0 bridgehead atoms. The van der Waals surface area contributed by atoms with E-state index in [4.69, 9.17) is 5.26 Å². The molecule has 4 heteroatoms. The number of anilines is 1.